The number of halogens is 1. The van der Waals surface area contributed by atoms with Gasteiger partial charge in [-0.05, 0) is 30.3 Å². The number of aryl methyl sites for hydroxylation is 1. The second-order valence-corrected chi connectivity index (χ2v) is 6.67. The van der Waals surface area contributed by atoms with Gasteiger partial charge in [0.25, 0.3) is 0 Å². The van der Waals surface area contributed by atoms with Crippen LogP contribution < -0.4 is 15.5 Å². The molecule has 3 heterocycles. The SMILES string of the molecule is CCN1CCN(c2cc(CNC(=NC)NCc3ccnn3C)ccn2)CC1.I. The van der Waals surface area contributed by atoms with Crippen LogP contribution in [0.15, 0.2) is 35.6 Å². The van der Waals surface area contributed by atoms with Crippen LogP contribution in [0.25, 0.3) is 0 Å². The first kappa shape index (κ1) is 22.4. The number of hydrogen-bond acceptors (Lipinski definition) is 5. The lowest BCUT2D eigenvalue weighted by molar-refractivity contribution is 0.270. The number of pyridine rings is 1. The summed E-state index contributed by atoms with van der Waals surface area (Å²) in [5, 5.41) is 10.9. The topological polar surface area (TPSA) is 73.6 Å². The number of rotatable bonds is 6. The lowest BCUT2D eigenvalue weighted by atomic mass is 10.2. The highest BCUT2D eigenvalue weighted by atomic mass is 127. The highest BCUT2D eigenvalue weighted by Crippen LogP contribution is 2.15. The van der Waals surface area contributed by atoms with Gasteiger partial charge >= 0.3 is 0 Å². The minimum absolute atomic E-state index is 0. The third kappa shape index (κ3) is 6.06. The molecule has 2 aromatic rings. The molecule has 0 aromatic carbocycles. The summed E-state index contributed by atoms with van der Waals surface area (Å²) in [5.74, 6) is 1.83. The van der Waals surface area contributed by atoms with Gasteiger partial charge in [-0.3, -0.25) is 9.67 Å². The monoisotopic (exact) mass is 498 g/mol. The van der Waals surface area contributed by atoms with Crippen molar-refractivity contribution in [3.05, 3.63) is 41.9 Å². The van der Waals surface area contributed by atoms with Crippen molar-refractivity contribution in [1.82, 2.24) is 30.3 Å². The van der Waals surface area contributed by atoms with Crippen molar-refractivity contribution in [2.75, 3.05) is 44.7 Å². The number of hydrogen-bond donors (Lipinski definition) is 2. The van der Waals surface area contributed by atoms with Gasteiger partial charge in [-0.15, -0.1) is 24.0 Å². The van der Waals surface area contributed by atoms with E-state index in [9.17, 15) is 0 Å². The summed E-state index contributed by atoms with van der Waals surface area (Å²) in [6.45, 7) is 8.99. The van der Waals surface area contributed by atoms with Crippen molar-refractivity contribution in [2.24, 2.45) is 12.0 Å². The van der Waals surface area contributed by atoms with Gasteiger partial charge < -0.3 is 20.4 Å². The molecule has 0 amide bonds. The third-order valence-electron chi connectivity index (χ3n) is 5.00. The Morgan fingerprint density at radius 2 is 1.86 bits per heavy atom. The molecule has 0 unspecified atom stereocenters. The van der Waals surface area contributed by atoms with Gasteiger partial charge in [-0.25, -0.2) is 4.98 Å². The fourth-order valence-electron chi connectivity index (χ4n) is 3.19. The molecule has 8 nitrogen and oxygen atoms in total. The van der Waals surface area contributed by atoms with Crippen molar-refractivity contribution >= 4 is 35.8 Å². The molecule has 28 heavy (non-hydrogen) atoms. The molecule has 0 radical (unpaired) electrons. The maximum Gasteiger partial charge on any atom is 0.191 e. The first-order valence-electron chi connectivity index (χ1n) is 9.53. The maximum absolute atomic E-state index is 4.57. The average molecular weight is 498 g/mol. The van der Waals surface area contributed by atoms with Crippen LogP contribution in [0, 0.1) is 0 Å². The largest absolute Gasteiger partial charge is 0.354 e. The molecule has 1 saturated heterocycles. The molecular formula is C19H31IN8. The smallest absolute Gasteiger partial charge is 0.191 e. The number of nitrogens with one attached hydrogen (secondary N) is 2. The van der Waals surface area contributed by atoms with E-state index in [4.69, 9.17) is 0 Å². The molecule has 0 aliphatic carbocycles. The fraction of sp³-hybridized carbons (Fsp3) is 0.526. The van der Waals surface area contributed by atoms with Gasteiger partial charge in [0.1, 0.15) is 5.82 Å². The Hall–Kier alpha value is -1.88. The van der Waals surface area contributed by atoms with Crippen molar-refractivity contribution in [3.8, 4) is 0 Å². The van der Waals surface area contributed by atoms with E-state index in [1.54, 1.807) is 13.2 Å². The van der Waals surface area contributed by atoms with Crippen LogP contribution in [-0.4, -0.2) is 65.4 Å². The summed E-state index contributed by atoms with van der Waals surface area (Å²) >= 11 is 0. The first-order chi connectivity index (χ1) is 13.2. The number of nitrogens with zero attached hydrogens (tertiary/aromatic N) is 6. The molecule has 1 fully saturated rings. The lowest BCUT2D eigenvalue weighted by Gasteiger charge is -2.34. The number of anilines is 1. The van der Waals surface area contributed by atoms with Crippen molar-refractivity contribution in [2.45, 2.75) is 20.0 Å². The first-order valence-corrected chi connectivity index (χ1v) is 9.53. The Balaban J connectivity index is 0.00000280. The van der Waals surface area contributed by atoms with Crippen molar-refractivity contribution < 1.29 is 0 Å². The van der Waals surface area contributed by atoms with E-state index < -0.39 is 0 Å². The van der Waals surface area contributed by atoms with Crippen molar-refractivity contribution in [3.63, 3.8) is 0 Å². The molecule has 2 aromatic heterocycles. The molecule has 1 aliphatic heterocycles. The Bertz CT molecular complexity index is 752. The Morgan fingerprint density at radius 3 is 2.50 bits per heavy atom. The Morgan fingerprint density at radius 1 is 1.11 bits per heavy atom. The van der Waals surface area contributed by atoms with Crippen LogP contribution in [0.4, 0.5) is 5.82 Å². The van der Waals surface area contributed by atoms with Crippen LogP contribution >= 0.6 is 24.0 Å². The zero-order valence-corrected chi connectivity index (χ0v) is 19.3. The summed E-state index contributed by atoms with van der Waals surface area (Å²) in [4.78, 5) is 13.7. The molecule has 2 N–H and O–H groups in total. The molecule has 154 valence electrons. The normalized spacial score (nSPS) is 15.2. The van der Waals surface area contributed by atoms with E-state index in [0.29, 0.717) is 13.1 Å². The number of guanidine groups is 1. The summed E-state index contributed by atoms with van der Waals surface area (Å²) in [7, 11) is 3.72. The van der Waals surface area contributed by atoms with Gasteiger partial charge in [-0.1, -0.05) is 6.92 Å². The third-order valence-corrected chi connectivity index (χ3v) is 5.00. The minimum atomic E-state index is 0. The van der Waals surface area contributed by atoms with E-state index in [0.717, 1.165) is 50.2 Å². The van der Waals surface area contributed by atoms with Gasteiger partial charge in [0.05, 0.1) is 12.2 Å². The number of piperazine rings is 1. The van der Waals surface area contributed by atoms with Gasteiger partial charge in [0, 0.05) is 59.2 Å². The molecule has 0 bridgehead atoms. The quantitative estimate of drug-likeness (QED) is 0.357. The zero-order valence-electron chi connectivity index (χ0n) is 16.9. The summed E-state index contributed by atoms with van der Waals surface area (Å²) < 4.78 is 1.85. The van der Waals surface area contributed by atoms with Crippen LogP contribution in [0.2, 0.25) is 0 Å². The van der Waals surface area contributed by atoms with Gasteiger partial charge in [-0.2, -0.15) is 5.10 Å². The van der Waals surface area contributed by atoms with Gasteiger partial charge in [0.2, 0.25) is 0 Å². The number of aromatic nitrogens is 3. The van der Waals surface area contributed by atoms with E-state index in [-0.39, 0.29) is 24.0 Å². The molecule has 9 heteroatoms. The average Bonchev–Trinajstić information content (AvgIpc) is 3.13. The summed E-state index contributed by atoms with van der Waals surface area (Å²) in [6, 6.07) is 6.21. The second-order valence-electron chi connectivity index (χ2n) is 6.67. The zero-order chi connectivity index (χ0) is 19.1. The van der Waals surface area contributed by atoms with E-state index >= 15 is 0 Å². The molecular weight excluding hydrogens is 467 g/mol. The Labute approximate surface area is 184 Å². The fourth-order valence-corrected chi connectivity index (χ4v) is 3.19. The van der Waals surface area contributed by atoms with Gasteiger partial charge in [0.15, 0.2) is 5.96 Å². The highest BCUT2D eigenvalue weighted by Gasteiger charge is 2.16. The number of aliphatic imine (C=N–C) groups is 1. The lowest BCUT2D eigenvalue weighted by Crippen LogP contribution is -2.46. The maximum atomic E-state index is 4.57. The van der Waals surface area contributed by atoms with E-state index in [2.05, 4.69) is 48.5 Å². The standard InChI is InChI=1S/C19H30N8.HI/c1-4-26-9-11-27(12-10-26)18-13-16(5-7-21-18)14-22-19(20-2)23-15-17-6-8-24-25(17)3;/h5-8,13H,4,9-12,14-15H2,1-3H3,(H2,20,22,23);1H. The molecule has 0 spiro atoms. The highest BCUT2D eigenvalue weighted by molar-refractivity contribution is 14.0. The van der Waals surface area contributed by atoms with Crippen molar-refractivity contribution in [1.29, 1.82) is 0 Å². The molecule has 0 saturated carbocycles. The molecule has 0 atom stereocenters. The second kappa shape index (κ2) is 11.2. The Kier molecular flexibility index (Phi) is 8.97. The predicted octanol–water partition coefficient (Wildman–Crippen LogP) is 1.44. The predicted molar refractivity (Wildman–Crippen MR) is 124 cm³/mol. The molecule has 1 aliphatic rings. The van der Waals surface area contributed by atoms with E-state index in [1.165, 1.54) is 5.56 Å². The van der Waals surface area contributed by atoms with Crippen LogP contribution in [0.3, 0.4) is 0 Å². The molecule has 3 rings (SSSR count). The van der Waals surface area contributed by atoms with Crippen LogP contribution in [0.1, 0.15) is 18.2 Å². The van der Waals surface area contributed by atoms with Crippen LogP contribution in [0.5, 0.6) is 0 Å². The summed E-state index contributed by atoms with van der Waals surface area (Å²) in [6.07, 6.45) is 3.69. The number of likely N-dealkylation sites (N-methyl/N-ethyl adjacent to an activating group) is 1. The minimum Gasteiger partial charge on any atom is -0.354 e. The van der Waals surface area contributed by atoms with Crippen LogP contribution in [-0.2, 0) is 20.1 Å². The van der Waals surface area contributed by atoms with E-state index in [1.807, 2.05) is 30.1 Å². The summed E-state index contributed by atoms with van der Waals surface area (Å²) in [5.41, 5.74) is 2.30.